The Morgan fingerprint density at radius 3 is 2.50 bits per heavy atom. The van der Waals surface area contributed by atoms with Crippen LogP contribution in [0.25, 0.3) is 0 Å². The van der Waals surface area contributed by atoms with Gasteiger partial charge in [-0.2, -0.15) is 0 Å². The van der Waals surface area contributed by atoms with Gasteiger partial charge in [-0.15, -0.1) is 0 Å². The van der Waals surface area contributed by atoms with Crippen LogP contribution >= 0.6 is 0 Å². The Labute approximate surface area is 200 Å². The highest BCUT2D eigenvalue weighted by Gasteiger charge is 2.51. The Balaban J connectivity index is 1.45. The molecule has 180 valence electrons. The molecule has 0 aromatic heterocycles. The number of anilines is 1. The zero-order valence-corrected chi connectivity index (χ0v) is 19.8. The number of carbonyl (C=O) groups is 2. The summed E-state index contributed by atoms with van der Waals surface area (Å²) in [6, 6.07) is 18.6. The summed E-state index contributed by atoms with van der Waals surface area (Å²) < 4.78 is 10.3. The van der Waals surface area contributed by atoms with E-state index in [9.17, 15) is 9.59 Å². The molecular formula is C27H32N2O5. The second kappa shape index (κ2) is 9.66. The SMILES string of the molecule is COC(=O)[C@H](C)OC(=O)N(C1CC1)C1c2ccccc2N(OCc2ccccc2)C2CCCC21. The fraction of sp³-hybridized carbons (Fsp3) is 0.481. The molecule has 0 radical (unpaired) electrons. The molecule has 3 aliphatic rings. The number of esters is 1. The summed E-state index contributed by atoms with van der Waals surface area (Å²) in [5.74, 6) is -0.320. The third-order valence-electron chi connectivity index (χ3n) is 7.21. The van der Waals surface area contributed by atoms with Crippen LogP contribution in [0.2, 0.25) is 0 Å². The minimum atomic E-state index is -0.942. The highest BCUT2D eigenvalue weighted by molar-refractivity contribution is 5.79. The predicted molar refractivity (Wildman–Crippen MR) is 127 cm³/mol. The molecule has 5 rings (SSSR count). The van der Waals surface area contributed by atoms with E-state index in [2.05, 4.69) is 29.3 Å². The van der Waals surface area contributed by atoms with Crippen molar-refractivity contribution >= 4 is 17.7 Å². The third-order valence-corrected chi connectivity index (χ3v) is 7.21. The van der Waals surface area contributed by atoms with Gasteiger partial charge in [0, 0.05) is 17.5 Å². The van der Waals surface area contributed by atoms with E-state index in [1.54, 1.807) is 6.92 Å². The summed E-state index contributed by atoms with van der Waals surface area (Å²) in [5.41, 5.74) is 3.20. The lowest BCUT2D eigenvalue weighted by Crippen LogP contribution is -2.51. The molecule has 34 heavy (non-hydrogen) atoms. The fourth-order valence-corrected chi connectivity index (χ4v) is 5.48. The van der Waals surface area contributed by atoms with Crippen LogP contribution in [0.15, 0.2) is 54.6 Å². The lowest BCUT2D eigenvalue weighted by Gasteiger charge is -2.47. The van der Waals surface area contributed by atoms with Gasteiger partial charge in [0.05, 0.1) is 31.5 Å². The van der Waals surface area contributed by atoms with Gasteiger partial charge in [-0.25, -0.2) is 9.59 Å². The van der Waals surface area contributed by atoms with Crippen molar-refractivity contribution in [3.8, 4) is 0 Å². The summed E-state index contributed by atoms with van der Waals surface area (Å²) in [4.78, 5) is 33.6. The Morgan fingerprint density at radius 2 is 1.76 bits per heavy atom. The maximum atomic E-state index is 13.4. The number of fused-ring (bicyclic) bond motifs is 2. The number of carbonyl (C=O) groups excluding carboxylic acids is 2. The lowest BCUT2D eigenvalue weighted by molar-refractivity contribution is -0.150. The molecule has 0 spiro atoms. The van der Waals surface area contributed by atoms with Crippen molar-refractivity contribution in [2.24, 2.45) is 5.92 Å². The summed E-state index contributed by atoms with van der Waals surface area (Å²) in [6.45, 7) is 2.05. The zero-order chi connectivity index (χ0) is 23.7. The largest absolute Gasteiger partial charge is 0.466 e. The maximum Gasteiger partial charge on any atom is 0.411 e. The highest BCUT2D eigenvalue weighted by Crippen LogP contribution is 2.52. The normalized spacial score (nSPS) is 24.1. The van der Waals surface area contributed by atoms with Crippen LogP contribution in [0.3, 0.4) is 0 Å². The first-order valence-electron chi connectivity index (χ1n) is 12.2. The average molecular weight is 465 g/mol. The smallest absolute Gasteiger partial charge is 0.411 e. The molecule has 0 N–H and O–H groups in total. The van der Waals surface area contributed by atoms with Crippen LogP contribution in [0, 0.1) is 5.92 Å². The van der Waals surface area contributed by atoms with Gasteiger partial charge in [-0.1, -0.05) is 55.0 Å². The van der Waals surface area contributed by atoms with Gasteiger partial charge in [0.1, 0.15) is 0 Å². The molecule has 2 saturated carbocycles. The van der Waals surface area contributed by atoms with Crippen molar-refractivity contribution in [2.75, 3.05) is 12.2 Å². The van der Waals surface area contributed by atoms with E-state index in [1.807, 2.05) is 35.2 Å². The Bertz CT molecular complexity index is 1020. The van der Waals surface area contributed by atoms with Crippen LogP contribution in [-0.2, 0) is 25.7 Å². The molecule has 3 unspecified atom stereocenters. The average Bonchev–Trinajstić information content (AvgIpc) is 3.58. The van der Waals surface area contributed by atoms with Crippen LogP contribution in [0.5, 0.6) is 0 Å². The first-order valence-corrected chi connectivity index (χ1v) is 12.2. The van der Waals surface area contributed by atoms with Crippen LogP contribution in [-0.4, -0.2) is 42.3 Å². The number of amides is 1. The molecule has 7 nitrogen and oxygen atoms in total. The topological polar surface area (TPSA) is 68.3 Å². The predicted octanol–water partition coefficient (Wildman–Crippen LogP) is 5.01. The van der Waals surface area contributed by atoms with Gasteiger partial charge in [0.2, 0.25) is 0 Å². The van der Waals surface area contributed by atoms with Crippen molar-refractivity contribution in [1.29, 1.82) is 0 Å². The molecule has 0 saturated heterocycles. The molecule has 7 heteroatoms. The van der Waals surface area contributed by atoms with Crippen molar-refractivity contribution in [3.05, 3.63) is 65.7 Å². The van der Waals surface area contributed by atoms with E-state index in [-0.39, 0.29) is 24.0 Å². The van der Waals surface area contributed by atoms with E-state index in [0.29, 0.717) is 6.61 Å². The molecule has 2 aromatic carbocycles. The van der Waals surface area contributed by atoms with Gasteiger partial charge >= 0.3 is 12.1 Å². The standard InChI is InChI=1S/C27H32N2O5/c1-18(26(30)32-2)34-27(31)28(20-15-16-20)25-21-11-6-7-13-23(21)29(24-14-8-12-22(24)25)33-17-19-9-4-3-5-10-19/h3-7,9-11,13,18,20,22,24-25H,8,12,14-17H2,1-2H3/t18-,22?,24?,25?/m0/s1. The molecule has 0 bridgehead atoms. The first-order chi connectivity index (χ1) is 16.6. The monoisotopic (exact) mass is 464 g/mol. The Hall–Kier alpha value is -3.06. The molecule has 2 fully saturated rings. The highest BCUT2D eigenvalue weighted by atomic mass is 16.7. The number of methoxy groups -OCH3 is 1. The molecule has 4 atom stereocenters. The van der Waals surface area contributed by atoms with Gasteiger partial charge in [-0.3, -0.25) is 14.8 Å². The minimum absolute atomic E-state index is 0.106. The number of rotatable bonds is 7. The molecule has 1 aliphatic heterocycles. The van der Waals surface area contributed by atoms with Crippen LogP contribution in [0.1, 0.15) is 56.2 Å². The number of para-hydroxylation sites is 1. The number of benzene rings is 2. The van der Waals surface area contributed by atoms with E-state index < -0.39 is 18.2 Å². The lowest BCUT2D eigenvalue weighted by atomic mass is 9.82. The van der Waals surface area contributed by atoms with Gasteiger partial charge < -0.3 is 9.47 Å². The molecule has 2 aromatic rings. The second-order valence-corrected chi connectivity index (χ2v) is 9.44. The number of hydrogen-bond donors (Lipinski definition) is 0. The van der Waals surface area contributed by atoms with E-state index in [1.165, 1.54) is 7.11 Å². The van der Waals surface area contributed by atoms with Crippen molar-refractivity contribution in [1.82, 2.24) is 4.90 Å². The second-order valence-electron chi connectivity index (χ2n) is 9.44. The molecule has 1 amide bonds. The first kappa shape index (κ1) is 22.7. The quantitative estimate of drug-likeness (QED) is 0.537. The number of hydroxylamine groups is 1. The van der Waals surface area contributed by atoms with E-state index in [0.717, 1.165) is 48.9 Å². The summed E-state index contributed by atoms with van der Waals surface area (Å²) in [6.07, 6.45) is 3.62. The molecule has 2 aliphatic carbocycles. The Kier molecular flexibility index (Phi) is 6.46. The summed E-state index contributed by atoms with van der Waals surface area (Å²) in [7, 11) is 1.30. The number of ether oxygens (including phenoxy) is 2. The summed E-state index contributed by atoms with van der Waals surface area (Å²) in [5, 5.41) is 2.09. The van der Waals surface area contributed by atoms with Crippen molar-refractivity contribution in [3.63, 3.8) is 0 Å². The van der Waals surface area contributed by atoms with Crippen molar-refractivity contribution < 1.29 is 23.9 Å². The number of nitrogens with zero attached hydrogens (tertiary/aromatic N) is 2. The molecular weight excluding hydrogens is 432 g/mol. The van der Waals surface area contributed by atoms with Gasteiger partial charge in [0.15, 0.2) is 6.10 Å². The Morgan fingerprint density at radius 1 is 1.03 bits per heavy atom. The zero-order valence-electron chi connectivity index (χ0n) is 19.8. The summed E-state index contributed by atoms with van der Waals surface area (Å²) >= 11 is 0. The van der Waals surface area contributed by atoms with E-state index >= 15 is 0 Å². The minimum Gasteiger partial charge on any atom is -0.466 e. The molecule has 1 heterocycles. The van der Waals surface area contributed by atoms with Crippen LogP contribution in [0.4, 0.5) is 10.5 Å². The fourth-order valence-electron chi connectivity index (χ4n) is 5.48. The van der Waals surface area contributed by atoms with Crippen LogP contribution < -0.4 is 5.06 Å². The van der Waals surface area contributed by atoms with Gasteiger partial charge in [-0.05, 0) is 44.2 Å². The number of hydrogen-bond acceptors (Lipinski definition) is 6. The van der Waals surface area contributed by atoms with E-state index in [4.69, 9.17) is 14.3 Å². The maximum absolute atomic E-state index is 13.4. The van der Waals surface area contributed by atoms with Crippen molar-refractivity contribution in [2.45, 2.75) is 69.9 Å². The third kappa shape index (κ3) is 4.37. The van der Waals surface area contributed by atoms with Gasteiger partial charge in [0.25, 0.3) is 0 Å².